The molecule has 164 valence electrons. The predicted octanol–water partition coefficient (Wildman–Crippen LogP) is 5.00. The third kappa shape index (κ3) is 4.59. The molecule has 6 nitrogen and oxygen atoms in total. The Morgan fingerprint density at radius 3 is 2.80 bits per heavy atom. The molecule has 1 aliphatic carbocycles. The standard InChI is InChI=1S/C22H30FN3O3S/c1-21(2,3)29-20(27)25-19-26-22(14(13-30-19)10-11-28-22)17-12-16(8-9-18(17)23)24-15-6-4-5-7-15/h8-9,12,14-15,24H,4-7,10-11,13H2,1-3H3,(H,25,26,27)/t14-,22+/m1/s1. The maximum absolute atomic E-state index is 15.0. The van der Waals surface area contributed by atoms with E-state index in [1.165, 1.54) is 30.7 Å². The molecule has 1 amide bonds. The van der Waals surface area contributed by atoms with Gasteiger partial charge in [0.25, 0.3) is 0 Å². The van der Waals surface area contributed by atoms with Crippen molar-refractivity contribution in [3.05, 3.63) is 29.6 Å². The van der Waals surface area contributed by atoms with Crippen LogP contribution in [0, 0.1) is 11.7 Å². The lowest BCUT2D eigenvalue weighted by atomic mass is 9.89. The maximum atomic E-state index is 15.0. The van der Waals surface area contributed by atoms with E-state index in [-0.39, 0.29) is 11.7 Å². The highest BCUT2D eigenvalue weighted by atomic mass is 32.2. The molecule has 1 saturated carbocycles. The van der Waals surface area contributed by atoms with E-state index in [0.29, 0.717) is 29.1 Å². The number of carbonyl (C=O) groups is 1. The summed E-state index contributed by atoms with van der Waals surface area (Å²) in [5, 5.41) is 6.64. The summed E-state index contributed by atoms with van der Waals surface area (Å²) in [6.07, 6.45) is 4.95. The molecular formula is C22H30FN3O3S. The van der Waals surface area contributed by atoms with Gasteiger partial charge >= 0.3 is 6.09 Å². The van der Waals surface area contributed by atoms with Crippen LogP contribution in [0.25, 0.3) is 0 Å². The molecule has 3 aliphatic rings. The minimum atomic E-state index is -1.12. The average molecular weight is 436 g/mol. The Morgan fingerprint density at radius 1 is 1.30 bits per heavy atom. The maximum Gasteiger partial charge on any atom is 0.413 e. The monoisotopic (exact) mass is 435 g/mol. The molecule has 4 rings (SSSR count). The number of hydrogen-bond acceptors (Lipinski definition) is 6. The Balaban J connectivity index is 1.62. The highest BCUT2D eigenvalue weighted by Crippen LogP contribution is 2.48. The highest BCUT2D eigenvalue weighted by molar-refractivity contribution is 8.13. The SMILES string of the molecule is CC(C)(C)OC(=O)NC1=N[C@]2(c3cc(NC4CCCC4)ccc3F)OCC[C@@H]2CS1. The van der Waals surface area contributed by atoms with Gasteiger partial charge in [-0.05, 0) is 58.2 Å². The topological polar surface area (TPSA) is 72.0 Å². The summed E-state index contributed by atoms with van der Waals surface area (Å²) in [7, 11) is 0. The van der Waals surface area contributed by atoms with Gasteiger partial charge in [0.05, 0.1) is 6.61 Å². The molecule has 2 fully saturated rings. The van der Waals surface area contributed by atoms with Crippen LogP contribution in [0.4, 0.5) is 14.9 Å². The van der Waals surface area contributed by atoms with E-state index < -0.39 is 17.4 Å². The van der Waals surface area contributed by atoms with E-state index >= 15 is 4.39 Å². The van der Waals surface area contributed by atoms with Crippen molar-refractivity contribution < 1.29 is 18.7 Å². The fraction of sp³-hybridized carbons (Fsp3) is 0.636. The van der Waals surface area contributed by atoms with Crippen molar-refractivity contribution in [1.29, 1.82) is 0 Å². The number of halogens is 1. The second-order valence-electron chi connectivity index (χ2n) is 9.21. The smallest absolute Gasteiger partial charge is 0.413 e. The number of carbonyl (C=O) groups excluding carboxylic acids is 1. The van der Waals surface area contributed by atoms with Crippen LogP contribution in [-0.4, -0.2) is 35.3 Å². The van der Waals surface area contributed by atoms with Gasteiger partial charge < -0.3 is 14.8 Å². The molecule has 0 unspecified atom stereocenters. The van der Waals surface area contributed by atoms with Crippen molar-refractivity contribution in [1.82, 2.24) is 5.32 Å². The van der Waals surface area contributed by atoms with E-state index in [9.17, 15) is 4.79 Å². The van der Waals surface area contributed by atoms with Crippen molar-refractivity contribution in [3.63, 3.8) is 0 Å². The molecule has 2 N–H and O–H groups in total. The van der Waals surface area contributed by atoms with Gasteiger partial charge in [0, 0.05) is 29.0 Å². The molecule has 30 heavy (non-hydrogen) atoms. The normalized spacial score (nSPS) is 26.8. The predicted molar refractivity (Wildman–Crippen MR) is 117 cm³/mol. The minimum absolute atomic E-state index is 0.0444. The first-order valence-corrected chi connectivity index (χ1v) is 11.7. The molecule has 1 saturated heterocycles. The summed E-state index contributed by atoms with van der Waals surface area (Å²) < 4.78 is 26.4. The molecule has 0 aromatic heterocycles. The summed E-state index contributed by atoms with van der Waals surface area (Å²) in [6.45, 7) is 5.92. The molecule has 2 aliphatic heterocycles. The van der Waals surface area contributed by atoms with E-state index in [1.807, 2.05) is 6.07 Å². The Hall–Kier alpha value is -1.80. The van der Waals surface area contributed by atoms with Crippen molar-refractivity contribution in [2.24, 2.45) is 10.9 Å². The van der Waals surface area contributed by atoms with Crippen molar-refractivity contribution in [3.8, 4) is 0 Å². The van der Waals surface area contributed by atoms with Crippen LogP contribution in [0.1, 0.15) is 58.4 Å². The molecule has 2 atom stereocenters. The number of hydrogen-bond donors (Lipinski definition) is 2. The van der Waals surface area contributed by atoms with Gasteiger partial charge in [-0.25, -0.2) is 14.2 Å². The molecule has 2 heterocycles. The summed E-state index contributed by atoms with van der Waals surface area (Å²) >= 11 is 1.44. The van der Waals surface area contributed by atoms with Crippen LogP contribution >= 0.6 is 11.8 Å². The number of thioether (sulfide) groups is 1. The lowest BCUT2D eigenvalue weighted by molar-refractivity contribution is -0.0173. The minimum Gasteiger partial charge on any atom is -0.444 e. The van der Waals surface area contributed by atoms with Gasteiger partial charge in [-0.15, -0.1) is 0 Å². The number of ether oxygens (including phenoxy) is 2. The number of nitrogens with one attached hydrogen (secondary N) is 2. The lowest BCUT2D eigenvalue weighted by Crippen LogP contribution is -2.42. The van der Waals surface area contributed by atoms with Gasteiger partial charge in [0.15, 0.2) is 10.9 Å². The van der Waals surface area contributed by atoms with E-state index in [1.54, 1.807) is 26.8 Å². The Kier molecular flexibility index (Phi) is 5.99. The number of alkyl carbamates (subject to hydrolysis) is 1. The van der Waals surface area contributed by atoms with Gasteiger partial charge in [0.2, 0.25) is 0 Å². The van der Waals surface area contributed by atoms with Gasteiger partial charge in [0.1, 0.15) is 11.4 Å². The third-order valence-electron chi connectivity index (χ3n) is 5.72. The van der Waals surface area contributed by atoms with Crippen molar-refractivity contribution in [2.75, 3.05) is 17.7 Å². The Labute approximate surface area is 181 Å². The summed E-state index contributed by atoms with van der Waals surface area (Å²) in [6, 6.07) is 5.52. The molecule has 1 aromatic rings. The first-order valence-electron chi connectivity index (χ1n) is 10.7. The zero-order valence-electron chi connectivity index (χ0n) is 17.8. The van der Waals surface area contributed by atoms with Crippen LogP contribution in [0.15, 0.2) is 23.2 Å². The molecule has 0 spiro atoms. The van der Waals surface area contributed by atoms with Crippen LogP contribution in [0.2, 0.25) is 0 Å². The largest absolute Gasteiger partial charge is 0.444 e. The highest BCUT2D eigenvalue weighted by Gasteiger charge is 2.50. The average Bonchev–Trinajstić information content (AvgIpc) is 3.31. The van der Waals surface area contributed by atoms with Gasteiger partial charge in [-0.2, -0.15) is 0 Å². The number of aliphatic imine (C=N–C) groups is 1. The van der Waals surface area contributed by atoms with Crippen molar-refractivity contribution in [2.45, 2.75) is 70.2 Å². The fourth-order valence-electron chi connectivity index (χ4n) is 4.36. The van der Waals surface area contributed by atoms with Crippen LogP contribution in [0.5, 0.6) is 0 Å². The summed E-state index contributed by atoms with van der Waals surface area (Å²) in [5.41, 5.74) is -0.415. The van der Waals surface area contributed by atoms with E-state index in [2.05, 4.69) is 10.6 Å². The van der Waals surface area contributed by atoms with Crippen LogP contribution < -0.4 is 10.6 Å². The second-order valence-corrected chi connectivity index (χ2v) is 10.2. The van der Waals surface area contributed by atoms with Crippen molar-refractivity contribution >= 4 is 28.7 Å². The Morgan fingerprint density at radius 2 is 2.07 bits per heavy atom. The number of nitrogens with zero attached hydrogens (tertiary/aromatic N) is 1. The summed E-state index contributed by atoms with van der Waals surface area (Å²) in [4.78, 5) is 16.9. The molecule has 8 heteroatoms. The van der Waals surface area contributed by atoms with Crippen LogP contribution in [-0.2, 0) is 15.2 Å². The van der Waals surface area contributed by atoms with E-state index in [4.69, 9.17) is 14.5 Å². The van der Waals surface area contributed by atoms with Gasteiger partial charge in [-0.1, -0.05) is 24.6 Å². The quantitative estimate of drug-likeness (QED) is 0.699. The fourth-order valence-corrected chi connectivity index (χ4v) is 5.47. The molecule has 1 aromatic carbocycles. The zero-order valence-corrected chi connectivity index (χ0v) is 18.6. The van der Waals surface area contributed by atoms with E-state index in [0.717, 1.165) is 24.9 Å². The number of anilines is 1. The third-order valence-corrected chi connectivity index (χ3v) is 6.75. The summed E-state index contributed by atoms with van der Waals surface area (Å²) in [5.74, 6) is 0.392. The first-order chi connectivity index (χ1) is 14.2. The first kappa shape index (κ1) is 21.4. The second kappa shape index (κ2) is 8.38. The van der Waals surface area contributed by atoms with Gasteiger partial charge in [-0.3, -0.25) is 5.32 Å². The molecular weight excluding hydrogens is 405 g/mol. The molecule has 0 bridgehead atoms. The molecule has 0 radical (unpaired) electrons. The number of amidine groups is 1. The number of fused-ring (bicyclic) bond motifs is 1. The number of amides is 1. The number of rotatable bonds is 3. The van der Waals surface area contributed by atoms with Crippen LogP contribution in [0.3, 0.4) is 0 Å². The Bertz CT molecular complexity index is 835. The number of benzene rings is 1. The zero-order chi connectivity index (χ0) is 21.4. The lowest BCUT2D eigenvalue weighted by Gasteiger charge is -2.35.